The van der Waals surface area contributed by atoms with Crippen molar-refractivity contribution >= 4 is 22.6 Å². The third-order valence-electron chi connectivity index (χ3n) is 5.40. The number of carbonyl (C=O) groups excluding carboxylic acids is 1. The van der Waals surface area contributed by atoms with Crippen molar-refractivity contribution in [1.29, 1.82) is 0 Å². The second-order valence-corrected chi connectivity index (χ2v) is 7.16. The van der Waals surface area contributed by atoms with Crippen molar-refractivity contribution in [1.82, 2.24) is 20.1 Å². The minimum absolute atomic E-state index is 0.161. The Morgan fingerprint density at radius 1 is 1.00 bits per heavy atom. The molecule has 4 heterocycles. The Balaban J connectivity index is 1.20. The molecule has 0 unspecified atom stereocenters. The molecule has 3 aromatic heterocycles. The van der Waals surface area contributed by atoms with Crippen LogP contribution >= 0.6 is 0 Å². The molecule has 1 aliphatic heterocycles. The number of H-pyrrole nitrogens is 1. The number of anilines is 1. The molecular formula is C22H21N5O2. The van der Waals surface area contributed by atoms with Crippen LogP contribution in [0.2, 0.25) is 0 Å². The van der Waals surface area contributed by atoms with Crippen LogP contribution in [0, 0.1) is 0 Å². The van der Waals surface area contributed by atoms with Gasteiger partial charge in [0, 0.05) is 43.3 Å². The predicted molar refractivity (Wildman–Crippen MR) is 111 cm³/mol. The van der Waals surface area contributed by atoms with Crippen LogP contribution < -0.4 is 4.90 Å². The van der Waals surface area contributed by atoms with Gasteiger partial charge in [-0.1, -0.05) is 18.2 Å². The Morgan fingerprint density at radius 2 is 1.86 bits per heavy atom. The molecule has 1 aromatic carbocycles. The second-order valence-electron chi connectivity index (χ2n) is 7.16. The van der Waals surface area contributed by atoms with Crippen LogP contribution in [0.3, 0.4) is 0 Å². The maximum atomic E-state index is 12.8. The molecule has 0 saturated carbocycles. The van der Waals surface area contributed by atoms with Gasteiger partial charge in [0.05, 0.1) is 12.7 Å². The lowest BCUT2D eigenvalue weighted by atomic mass is 10.1. The van der Waals surface area contributed by atoms with E-state index in [1.807, 2.05) is 53.6 Å². The van der Waals surface area contributed by atoms with E-state index in [2.05, 4.69) is 26.1 Å². The number of fused-ring (bicyclic) bond motifs is 1. The van der Waals surface area contributed by atoms with Crippen LogP contribution in [0.15, 0.2) is 65.4 Å². The summed E-state index contributed by atoms with van der Waals surface area (Å²) in [5.41, 5.74) is 2.83. The van der Waals surface area contributed by atoms with Crippen LogP contribution in [-0.4, -0.2) is 52.2 Å². The first-order valence-corrected chi connectivity index (χ1v) is 9.73. The van der Waals surface area contributed by atoms with Crippen molar-refractivity contribution in [2.75, 3.05) is 31.1 Å². The van der Waals surface area contributed by atoms with Gasteiger partial charge in [-0.05, 0) is 35.9 Å². The third kappa shape index (κ3) is 3.47. The Kier molecular flexibility index (Phi) is 4.48. The number of rotatable bonds is 4. The third-order valence-corrected chi connectivity index (χ3v) is 5.40. The molecule has 0 atom stereocenters. The van der Waals surface area contributed by atoms with Crippen molar-refractivity contribution < 1.29 is 9.21 Å². The molecule has 1 amide bonds. The summed E-state index contributed by atoms with van der Waals surface area (Å²) >= 11 is 0. The van der Waals surface area contributed by atoms with Crippen LogP contribution in [0.25, 0.3) is 22.4 Å². The highest BCUT2D eigenvalue weighted by Crippen LogP contribution is 2.21. The molecule has 1 N–H and O–H groups in total. The number of nitrogens with zero attached hydrogens (tertiary/aromatic N) is 4. The van der Waals surface area contributed by atoms with Crippen LogP contribution in [-0.2, 0) is 11.2 Å². The summed E-state index contributed by atoms with van der Waals surface area (Å²) in [6.45, 7) is 2.86. The summed E-state index contributed by atoms with van der Waals surface area (Å²) in [6, 6.07) is 15.6. The fourth-order valence-corrected chi connectivity index (χ4v) is 3.79. The van der Waals surface area contributed by atoms with Crippen molar-refractivity contribution in [3.05, 3.63) is 66.6 Å². The van der Waals surface area contributed by atoms with Gasteiger partial charge in [0.1, 0.15) is 5.69 Å². The van der Waals surface area contributed by atoms with Crippen molar-refractivity contribution in [3.8, 4) is 11.5 Å². The summed E-state index contributed by atoms with van der Waals surface area (Å²) in [4.78, 5) is 20.1. The van der Waals surface area contributed by atoms with E-state index < -0.39 is 0 Å². The quantitative estimate of drug-likeness (QED) is 0.582. The van der Waals surface area contributed by atoms with Gasteiger partial charge in [-0.25, -0.2) is 0 Å². The lowest BCUT2D eigenvalue weighted by Crippen LogP contribution is -2.49. The van der Waals surface area contributed by atoms with Crippen molar-refractivity contribution in [2.24, 2.45) is 0 Å². The molecule has 1 fully saturated rings. The lowest BCUT2D eigenvalue weighted by molar-refractivity contribution is -0.130. The van der Waals surface area contributed by atoms with E-state index in [-0.39, 0.29) is 5.91 Å². The first kappa shape index (κ1) is 17.5. The molecule has 7 heteroatoms. The second kappa shape index (κ2) is 7.43. The summed E-state index contributed by atoms with van der Waals surface area (Å²) < 4.78 is 5.35. The number of benzene rings is 1. The van der Waals surface area contributed by atoms with Crippen LogP contribution in [0.5, 0.6) is 0 Å². The summed E-state index contributed by atoms with van der Waals surface area (Å²) in [7, 11) is 0. The Bertz CT molecular complexity index is 1110. The fourth-order valence-electron chi connectivity index (χ4n) is 3.79. The molecule has 0 aliphatic carbocycles. The van der Waals surface area contributed by atoms with Gasteiger partial charge >= 0.3 is 0 Å². The summed E-state index contributed by atoms with van der Waals surface area (Å²) in [6.07, 6.45) is 3.98. The molecule has 1 aliphatic rings. The van der Waals surface area contributed by atoms with Crippen molar-refractivity contribution in [2.45, 2.75) is 6.42 Å². The highest BCUT2D eigenvalue weighted by Gasteiger charge is 2.23. The number of aromatic nitrogens is 3. The standard InChI is InChI=1S/C22H21N5O2/c28-22(14-16-15-23-18-5-2-1-4-17(16)18)27-11-9-26(10-12-27)21-8-7-19(24-25-21)20-6-3-13-29-20/h1-8,13,15,23H,9-12,14H2. The van der Waals surface area contributed by atoms with Gasteiger partial charge in [-0.2, -0.15) is 0 Å². The molecule has 0 spiro atoms. The molecular weight excluding hydrogens is 366 g/mol. The molecule has 29 heavy (non-hydrogen) atoms. The van der Waals surface area contributed by atoms with Gasteiger partial charge in [-0.15, -0.1) is 10.2 Å². The molecule has 146 valence electrons. The largest absolute Gasteiger partial charge is 0.463 e. The minimum atomic E-state index is 0.161. The zero-order chi connectivity index (χ0) is 19.6. The molecule has 4 aromatic rings. The van der Waals surface area contributed by atoms with E-state index in [9.17, 15) is 4.79 Å². The number of hydrogen-bond acceptors (Lipinski definition) is 5. The maximum absolute atomic E-state index is 12.8. The first-order valence-electron chi connectivity index (χ1n) is 9.73. The first-order chi connectivity index (χ1) is 14.3. The van der Waals surface area contributed by atoms with E-state index in [1.165, 1.54) is 0 Å². The number of aromatic amines is 1. The highest BCUT2D eigenvalue weighted by molar-refractivity contribution is 5.89. The smallest absolute Gasteiger partial charge is 0.227 e. The van der Waals surface area contributed by atoms with E-state index in [1.54, 1.807) is 6.26 Å². The fraction of sp³-hybridized carbons (Fsp3) is 0.227. The number of amides is 1. The zero-order valence-electron chi connectivity index (χ0n) is 15.9. The normalized spacial score (nSPS) is 14.5. The number of para-hydroxylation sites is 1. The molecule has 7 nitrogen and oxygen atoms in total. The number of nitrogens with one attached hydrogen (secondary N) is 1. The average Bonchev–Trinajstić information content (AvgIpc) is 3.45. The van der Waals surface area contributed by atoms with Crippen LogP contribution in [0.1, 0.15) is 5.56 Å². The van der Waals surface area contributed by atoms with Gasteiger partial charge in [-0.3, -0.25) is 4.79 Å². The predicted octanol–water partition coefficient (Wildman–Crippen LogP) is 3.11. The topological polar surface area (TPSA) is 78.3 Å². The molecule has 0 radical (unpaired) electrons. The van der Waals surface area contributed by atoms with Gasteiger partial charge < -0.3 is 19.2 Å². The van der Waals surface area contributed by atoms with E-state index in [4.69, 9.17) is 4.42 Å². The average molecular weight is 387 g/mol. The Labute approximate surface area is 168 Å². The van der Waals surface area contributed by atoms with Gasteiger partial charge in [0.2, 0.25) is 5.91 Å². The number of hydrogen-bond donors (Lipinski definition) is 1. The zero-order valence-corrected chi connectivity index (χ0v) is 15.9. The monoisotopic (exact) mass is 387 g/mol. The summed E-state index contributed by atoms with van der Waals surface area (Å²) in [5, 5.41) is 9.71. The maximum Gasteiger partial charge on any atom is 0.227 e. The Morgan fingerprint density at radius 3 is 2.62 bits per heavy atom. The lowest BCUT2D eigenvalue weighted by Gasteiger charge is -2.35. The highest BCUT2D eigenvalue weighted by atomic mass is 16.3. The summed E-state index contributed by atoms with van der Waals surface area (Å²) in [5.74, 6) is 1.69. The molecule has 5 rings (SSSR count). The van der Waals surface area contributed by atoms with Gasteiger partial charge in [0.15, 0.2) is 11.6 Å². The molecule has 0 bridgehead atoms. The van der Waals surface area contributed by atoms with Crippen molar-refractivity contribution in [3.63, 3.8) is 0 Å². The number of carbonyl (C=O) groups is 1. The van der Waals surface area contributed by atoms with E-state index >= 15 is 0 Å². The molecule has 1 saturated heterocycles. The van der Waals surface area contributed by atoms with E-state index in [0.717, 1.165) is 35.4 Å². The van der Waals surface area contributed by atoms with E-state index in [0.29, 0.717) is 31.0 Å². The van der Waals surface area contributed by atoms with Gasteiger partial charge in [0.25, 0.3) is 0 Å². The Hall–Kier alpha value is -3.61. The number of piperazine rings is 1. The number of furan rings is 1. The SMILES string of the molecule is O=C(Cc1c[nH]c2ccccc12)N1CCN(c2ccc(-c3ccco3)nn2)CC1. The van der Waals surface area contributed by atoms with Crippen LogP contribution in [0.4, 0.5) is 5.82 Å². The minimum Gasteiger partial charge on any atom is -0.463 e.